The number of aliphatic hydroxyl groups is 1. The van der Waals surface area contributed by atoms with Crippen molar-refractivity contribution in [3.05, 3.63) is 34.9 Å². The highest BCUT2D eigenvalue weighted by Crippen LogP contribution is 2.42. The summed E-state index contributed by atoms with van der Waals surface area (Å²) in [6, 6.07) is 7.52. The highest BCUT2D eigenvalue weighted by atomic mass is 32.2. The summed E-state index contributed by atoms with van der Waals surface area (Å²) in [6.07, 6.45) is 0.175. The fourth-order valence-electron chi connectivity index (χ4n) is 2.17. The second-order valence-corrected chi connectivity index (χ2v) is 6.73. The Morgan fingerprint density at radius 1 is 1.47 bits per heavy atom. The van der Waals surface area contributed by atoms with Gasteiger partial charge in [-0.2, -0.15) is 5.26 Å². The summed E-state index contributed by atoms with van der Waals surface area (Å²) < 4.78 is 0.759. The first-order valence-electron chi connectivity index (χ1n) is 5.64. The van der Waals surface area contributed by atoms with Crippen LogP contribution in [-0.4, -0.2) is 20.6 Å². The topological polar surface area (TPSA) is 95.8 Å². The smallest absolute Gasteiger partial charge is 0.203 e. The Morgan fingerprint density at radius 3 is 3.00 bits per heavy atom. The number of thioether (sulfide) groups is 1. The lowest BCUT2D eigenvalue weighted by Crippen LogP contribution is -2.08. The fraction of sp³-hybridized carbons (Fsp3) is 0.250. The highest BCUT2D eigenvalue weighted by molar-refractivity contribution is 8.01. The molecule has 0 radical (unpaired) electrons. The average Bonchev–Trinajstić information content (AvgIpc) is 2.95. The quantitative estimate of drug-likeness (QED) is 0.874. The highest BCUT2D eigenvalue weighted by Gasteiger charge is 2.32. The van der Waals surface area contributed by atoms with Crippen LogP contribution in [-0.2, 0) is 6.42 Å². The first-order valence-corrected chi connectivity index (χ1v) is 7.33. The van der Waals surface area contributed by atoms with Gasteiger partial charge in [0.25, 0.3) is 0 Å². The van der Waals surface area contributed by atoms with Gasteiger partial charge >= 0.3 is 0 Å². The fourth-order valence-corrected chi connectivity index (χ4v) is 4.22. The molecule has 96 valence electrons. The van der Waals surface area contributed by atoms with E-state index in [1.165, 1.54) is 23.1 Å². The second kappa shape index (κ2) is 4.81. The third-order valence-corrected chi connectivity index (χ3v) is 5.13. The van der Waals surface area contributed by atoms with Gasteiger partial charge < -0.3 is 10.8 Å². The molecule has 5 nitrogen and oxygen atoms in total. The van der Waals surface area contributed by atoms with Gasteiger partial charge in [0, 0.05) is 5.25 Å². The molecule has 1 aliphatic carbocycles. The molecule has 0 aliphatic heterocycles. The van der Waals surface area contributed by atoms with Gasteiger partial charge in [0.15, 0.2) is 4.34 Å². The number of nitriles is 1. The van der Waals surface area contributed by atoms with Gasteiger partial charge in [0.1, 0.15) is 0 Å². The van der Waals surface area contributed by atoms with E-state index in [1.54, 1.807) is 6.07 Å². The maximum Gasteiger partial charge on any atom is 0.203 e. The predicted octanol–water partition coefficient (Wildman–Crippen LogP) is 1.74. The van der Waals surface area contributed by atoms with Crippen molar-refractivity contribution in [2.24, 2.45) is 0 Å². The van der Waals surface area contributed by atoms with Gasteiger partial charge in [-0.25, -0.2) is 0 Å². The number of hydrogen-bond donors (Lipinski definition) is 2. The molecule has 0 saturated carbocycles. The van der Waals surface area contributed by atoms with Crippen LogP contribution >= 0.6 is 23.1 Å². The molecule has 2 atom stereocenters. The third-order valence-electron chi connectivity index (χ3n) is 3.04. The minimum absolute atomic E-state index is 0.00343. The maximum absolute atomic E-state index is 10.3. The third kappa shape index (κ3) is 2.30. The van der Waals surface area contributed by atoms with E-state index in [0.717, 1.165) is 21.9 Å². The van der Waals surface area contributed by atoms with Crippen LogP contribution in [0, 0.1) is 11.3 Å². The number of rotatable bonds is 2. The maximum atomic E-state index is 10.3. The van der Waals surface area contributed by atoms with E-state index in [0.29, 0.717) is 10.7 Å². The Labute approximate surface area is 118 Å². The molecule has 0 bridgehead atoms. The molecule has 7 heteroatoms. The first kappa shape index (κ1) is 12.4. The Balaban J connectivity index is 1.82. The lowest BCUT2D eigenvalue weighted by molar-refractivity contribution is 0.185. The zero-order chi connectivity index (χ0) is 13.4. The van der Waals surface area contributed by atoms with Gasteiger partial charge in [-0.1, -0.05) is 29.2 Å². The summed E-state index contributed by atoms with van der Waals surface area (Å²) in [4.78, 5) is 0. The molecule has 1 aliphatic rings. The molecule has 2 aromatic rings. The lowest BCUT2D eigenvalue weighted by atomic mass is 10.1. The zero-order valence-electron chi connectivity index (χ0n) is 9.78. The van der Waals surface area contributed by atoms with E-state index in [9.17, 15) is 5.11 Å². The number of nitrogens with two attached hydrogens (primary N) is 1. The monoisotopic (exact) mass is 290 g/mol. The van der Waals surface area contributed by atoms with Crippen molar-refractivity contribution in [1.82, 2.24) is 10.2 Å². The Kier molecular flexibility index (Phi) is 3.14. The van der Waals surface area contributed by atoms with Crippen LogP contribution in [0.4, 0.5) is 5.13 Å². The van der Waals surface area contributed by atoms with Crippen molar-refractivity contribution in [3.63, 3.8) is 0 Å². The summed E-state index contributed by atoms with van der Waals surface area (Å²) in [5.74, 6) is 0. The number of nitrogen functional groups attached to an aromatic ring is 1. The number of benzene rings is 1. The van der Waals surface area contributed by atoms with Crippen LogP contribution < -0.4 is 5.73 Å². The van der Waals surface area contributed by atoms with E-state index < -0.39 is 6.10 Å². The Bertz CT molecular complexity index is 664. The second-order valence-electron chi connectivity index (χ2n) is 4.24. The molecule has 1 aromatic carbocycles. The molecule has 0 spiro atoms. The minimum Gasteiger partial charge on any atom is -0.387 e. The number of nitrogens with zero attached hydrogens (tertiary/aromatic N) is 3. The van der Waals surface area contributed by atoms with Crippen LogP contribution in [0.25, 0.3) is 0 Å². The molecule has 3 rings (SSSR count). The average molecular weight is 290 g/mol. The SMILES string of the molecule is N#Cc1ccc2c(c1)C[C@@H](Sc1nnc(N)s1)[C@@H]2O. The van der Waals surface area contributed by atoms with Crippen molar-refractivity contribution in [2.75, 3.05) is 5.73 Å². The van der Waals surface area contributed by atoms with E-state index in [1.807, 2.05) is 12.1 Å². The lowest BCUT2D eigenvalue weighted by Gasteiger charge is -2.12. The van der Waals surface area contributed by atoms with Gasteiger partial charge in [-0.05, 0) is 29.7 Å². The summed E-state index contributed by atoms with van der Waals surface area (Å²) >= 11 is 2.80. The van der Waals surface area contributed by atoms with Crippen molar-refractivity contribution in [1.29, 1.82) is 5.26 Å². The van der Waals surface area contributed by atoms with E-state index in [-0.39, 0.29) is 5.25 Å². The van der Waals surface area contributed by atoms with Crippen LogP contribution in [0.15, 0.2) is 22.5 Å². The standard InChI is InChI=1S/C12H10N4OS2/c13-5-6-1-2-8-7(3-6)4-9(10(8)17)18-12-16-15-11(14)19-12/h1-3,9-10,17H,4H2,(H2,14,15)/t9-,10-/m1/s1. The summed E-state index contributed by atoms with van der Waals surface area (Å²) in [7, 11) is 0. The normalized spacial score (nSPS) is 21.1. The minimum atomic E-state index is -0.544. The molecule has 1 heterocycles. The number of anilines is 1. The number of fused-ring (bicyclic) bond motifs is 1. The molecule has 0 fully saturated rings. The van der Waals surface area contributed by atoms with Crippen molar-refractivity contribution >= 4 is 28.2 Å². The molecule has 3 N–H and O–H groups in total. The summed E-state index contributed by atoms with van der Waals surface area (Å²) in [5, 5.41) is 27.3. The number of aromatic nitrogens is 2. The van der Waals surface area contributed by atoms with Crippen LogP contribution in [0.1, 0.15) is 22.8 Å². The van der Waals surface area contributed by atoms with E-state index >= 15 is 0 Å². The molecule has 19 heavy (non-hydrogen) atoms. The van der Waals surface area contributed by atoms with Crippen LogP contribution in [0.5, 0.6) is 0 Å². The molecular weight excluding hydrogens is 280 g/mol. The zero-order valence-corrected chi connectivity index (χ0v) is 11.4. The molecule has 0 amide bonds. The Morgan fingerprint density at radius 2 is 2.32 bits per heavy atom. The largest absolute Gasteiger partial charge is 0.387 e. The van der Waals surface area contributed by atoms with Gasteiger partial charge in [-0.3, -0.25) is 0 Å². The number of aliphatic hydroxyl groups excluding tert-OH is 1. The van der Waals surface area contributed by atoms with Crippen molar-refractivity contribution in [2.45, 2.75) is 22.1 Å². The van der Waals surface area contributed by atoms with Gasteiger partial charge in [0.05, 0.1) is 17.7 Å². The van der Waals surface area contributed by atoms with E-state index in [4.69, 9.17) is 11.0 Å². The number of hydrogen-bond acceptors (Lipinski definition) is 7. The van der Waals surface area contributed by atoms with Crippen LogP contribution in [0.3, 0.4) is 0 Å². The molecular formula is C12H10N4OS2. The van der Waals surface area contributed by atoms with Crippen molar-refractivity contribution in [3.8, 4) is 6.07 Å². The van der Waals surface area contributed by atoms with Crippen molar-refractivity contribution < 1.29 is 5.11 Å². The molecule has 0 unspecified atom stereocenters. The Hall–Kier alpha value is -1.62. The van der Waals surface area contributed by atoms with Crippen LogP contribution in [0.2, 0.25) is 0 Å². The summed E-state index contributed by atoms with van der Waals surface area (Å²) in [5.41, 5.74) is 8.09. The van der Waals surface area contributed by atoms with Gasteiger partial charge in [-0.15, -0.1) is 10.2 Å². The molecule has 1 aromatic heterocycles. The van der Waals surface area contributed by atoms with Gasteiger partial charge in [0.2, 0.25) is 5.13 Å². The summed E-state index contributed by atoms with van der Waals surface area (Å²) in [6.45, 7) is 0. The van der Waals surface area contributed by atoms with E-state index in [2.05, 4.69) is 16.3 Å². The first-order chi connectivity index (χ1) is 9.17. The molecule has 0 saturated heterocycles. The predicted molar refractivity (Wildman–Crippen MR) is 73.8 cm³/mol.